The molecule has 1 heterocycles. The third-order valence-electron chi connectivity index (χ3n) is 5.18. The number of carbonyl (C=O) groups is 3. The van der Waals surface area contributed by atoms with E-state index in [1.165, 1.54) is 0 Å². The van der Waals surface area contributed by atoms with E-state index < -0.39 is 5.97 Å². The Bertz CT molecular complexity index is 932. The highest BCUT2D eigenvalue weighted by atomic mass is 16.5. The average molecular weight is 379 g/mol. The first-order chi connectivity index (χ1) is 13.3. The molecule has 1 amide bonds. The van der Waals surface area contributed by atoms with Crippen molar-refractivity contribution in [2.45, 2.75) is 40.2 Å². The summed E-state index contributed by atoms with van der Waals surface area (Å²) in [6.45, 7) is 6.77. The van der Waals surface area contributed by atoms with Crippen molar-refractivity contribution in [2.75, 3.05) is 13.2 Å². The summed E-state index contributed by atoms with van der Waals surface area (Å²) >= 11 is 0. The minimum atomic E-state index is -0.538. The SMILES string of the molecule is Cc1cc(C)c(C(=O)COC(=O)c2cccc(CN3CCCC3=O)c2)cc1C. The number of ketones is 1. The van der Waals surface area contributed by atoms with Gasteiger partial charge in [0.25, 0.3) is 0 Å². The molecule has 1 fully saturated rings. The van der Waals surface area contributed by atoms with Crippen molar-refractivity contribution in [2.24, 2.45) is 0 Å². The van der Waals surface area contributed by atoms with Crippen molar-refractivity contribution in [1.29, 1.82) is 0 Å². The van der Waals surface area contributed by atoms with Gasteiger partial charge in [0.05, 0.1) is 5.56 Å². The minimum absolute atomic E-state index is 0.141. The number of amides is 1. The molecule has 0 atom stereocenters. The number of esters is 1. The molecule has 1 aliphatic heterocycles. The lowest BCUT2D eigenvalue weighted by Gasteiger charge is -2.16. The van der Waals surface area contributed by atoms with Crippen LogP contribution in [0.5, 0.6) is 0 Å². The standard InChI is InChI=1S/C23H25NO4/c1-15-10-17(3)20(11-16(15)2)21(25)14-28-23(27)19-7-4-6-18(12-19)13-24-9-5-8-22(24)26/h4,6-7,10-12H,5,8-9,13-14H2,1-3H3. The Morgan fingerprint density at radius 3 is 2.50 bits per heavy atom. The number of aryl methyl sites for hydroxylation is 3. The summed E-state index contributed by atoms with van der Waals surface area (Å²) < 4.78 is 5.25. The average Bonchev–Trinajstić information content (AvgIpc) is 3.07. The van der Waals surface area contributed by atoms with E-state index in [4.69, 9.17) is 4.74 Å². The van der Waals surface area contributed by atoms with Crippen LogP contribution in [0.4, 0.5) is 0 Å². The highest BCUT2D eigenvalue weighted by Crippen LogP contribution is 2.17. The maximum Gasteiger partial charge on any atom is 0.338 e. The number of ether oxygens (including phenoxy) is 1. The zero-order valence-corrected chi connectivity index (χ0v) is 16.6. The van der Waals surface area contributed by atoms with Crippen LogP contribution in [-0.4, -0.2) is 35.7 Å². The molecule has 0 aliphatic carbocycles. The molecule has 0 radical (unpaired) electrons. The summed E-state index contributed by atoms with van der Waals surface area (Å²) in [5.41, 5.74) is 4.87. The monoisotopic (exact) mass is 379 g/mol. The van der Waals surface area contributed by atoms with Gasteiger partial charge in [0.2, 0.25) is 11.7 Å². The molecule has 28 heavy (non-hydrogen) atoms. The van der Waals surface area contributed by atoms with Crippen LogP contribution in [0, 0.1) is 20.8 Å². The molecule has 0 N–H and O–H groups in total. The quantitative estimate of drug-likeness (QED) is 0.566. The topological polar surface area (TPSA) is 63.7 Å². The molecular formula is C23H25NO4. The van der Waals surface area contributed by atoms with Crippen LogP contribution in [0.15, 0.2) is 36.4 Å². The Kier molecular flexibility index (Phi) is 5.93. The molecule has 3 rings (SSSR count). The third kappa shape index (κ3) is 4.47. The van der Waals surface area contributed by atoms with Crippen LogP contribution in [0.2, 0.25) is 0 Å². The fourth-order valence-electron chi connectivity index (χ4n) is 3.44. The Labute approximate surface area is 165 Å². The predicted octanol–water partition coefficient (Wildman–Crippen LogP) is 3.77. The molecule has 0 spiro atoms. The maximum atomic E-state index is 12.5. The van der Waals surface area contributed by atoms with E-state index in [0.717, 1.165) is 35.2 Å². The molecule has 5 nitrogen and oxygen atoms in total. The molecule has 0 unspecified atom stereocenters. The Morgan fingerprint density at radius 2 is 1.79 bits per heavy atom. The Balaban J connectivity index is 1.63. The first kappa shape index (κ1) is 19.8. The second-order valence-electron chi connectivity index (χ2n) is 7.37. The van der Waals surface area contributed by atoms with Gasteiger partial charge in [0.15, 0.2) is 6.61 Å². The van der Waals surface area contributed by atoms with Gasteiger partial charge >= 0.3 is 5.97 Å². The summed E-state index contributed by atoms with van der Waals surface area (Å²) in [4.78, 5) is 38.4. The highest BCUT2D eigenvalue weighted by Gasteiger charge is 2.20. The molecule has 5 heteroatoms. The van der Waals surface area contributed by atoms with Crippen LogP contribution in [-0.2, 0) is 16.1 Å². The number of benzene rings is 2. The largest absolute Gasteiger partial charge is 0.454 e. The van der Waals surface area contributed by atoms with Crippen molar-refractivity contribution >= 4 is 17.7 Å². The lowest BCUT2D eigenvalue weighted by molar-refractivity contribution is -0.128. The first-order valence-electron chi connectivity index (χ1n) is 9.50. The van der Waals surface area contributed by atoms with Crippen molar-refractivity contribution in [1.82, 2.24) is 4.90 Å². The summed E-state index contributed by atoms with van der Waals surface area (Å²) in [6.07, 6.45) is 1.46. The molecule has 0 bridgehead atoms. The van der Waals surface area contributed by atoms with Gasteiger partial charge in [0.1, 0.15) is 0 Å². The van der Waals surface area contributed by atoms with Gasteiger partial charge in [-0.05, 0) is 67.6 Å². The number of likely N-dealkylation sites (tertiary alicyclic amines) is 1. The number of Topliss-reactive ketones (excluding diaryl/α,β-unsaturated/α-hetero) is 1. The van der Waals surface area contributed by atoms with Crippen LogP contribution in [0.1, 0.15) is 55.8 Å². The fraction of sp³-hybridized carbons (Fsp3) is 0.348. The number of nitrogens with zero attached hydrogens (tertiary/aromatic N) is 1. The van der Waals surface area contributed by atoms with Crippen LogP contribution in [0.3, 0.4) is 0 Å². The number of carbonyl (C=O) groups excluding carboxylic acids is 3. The van der Waals surface area contributed by atoms with E-state index in [9.17, 15) is 14.4 Å². The molecule has 0 saturated carbocycles. The van der Waals surface area contributed by atoms with E-state index in [1.54, 1.807) is 23.1 Å². The zero-order chi connectivity index (χ0) is 20.3. The Hall–Kier alpha value is -2.95. The van der Waals surface area contributed by atoms with Crippen molar-refractivity contribution in [3.05, 3.63) is 69.8 Å². The van der Waals surface area contributed by atoms with Gasteiger partial charge in [-0.25, -0.2) is 4.79 Å². The first-order valence-corrected chi connectivity index (χ1v) is 9.50. The van der Waals surface area contributed by atoms with Crippen LogP contribution >= 0.6 is 0 Å². The van der Waals surface area contributed by atoms with Crippen LogP contribution < -0.4 is 0 Å². The molecule has 146 valence electrons. The molecule has 0 aromatic heterocycles. The normalized spacial score (nSPS) is 13.7. The summed E-state index contributed by atoms with van der Waals surface area (Å²) in [7, 11) is 0. The van der Waals surface area contributed by atoms with Crippen molar-refractivity contribution in [3.8, 4) is 0 Å². The van der Waals surface area contributed by atoms with Gasteiger partial charge in [-0.2, -0.15) is 0 Å². The smallest absolute Gasteiger partial charge is 0.338 e. The lowest BCUT2D eigenvalue weighted by Crippen LogP contribution is -2.24. The third-order valence-corrected chi connectivity index (χ3v) is 5.18. The van der Waals surface area contributed by atoms with Gasteiger partial charge in [-0.1, -0.05) is 18.2 Å². The van der Waals surface area contributed by atoms with E-state index in [-0.39, 0.29) is 18.3 Å². The fourth-order valence-corrected chi connectivity index (χ4v) is 3.44. The summed E-state index contributed by atoms with van der Waals surface area (Å²) in [5, 5.41) is 0. The second-order valence-corrected chi connectivity index (χ2v) is 7.37. The number of hydrogen-bond acceptors (Lipinski definition) is 4. The van der Waals surface area contributed by atoms with E-state index in [1.807, 2.05) is 39.0 Å². The van der Waals surface area contributed by atoms with Gasteiger partial charge < -0.3 is 9.64 Å². The highest BCUT2D eigenvalue weighted by molar-refractivity contribution is 6.00. The Morgan fingerprint density at radius 1 is 1.04 bits per heavy atom. The van der Waals surface area contributed by atoms with E-state index in [2.05, 4.69) is 0 Å². The lowest BCUT2D eigenvalue weighted by atomic mass is 9.98. The predicted molar refractivity (Wildman–Crippen MR) is 106 cm³/mol. The molecule has 2 aromatic rings. The van der Waals surface area contributed by atoms with Gasteiger partial charge in [-0.3, -0.25) is 9.59 Å². The number of hydrogen-bond donors (Lipinski definition) is 0. The van der Waals surface area contributed by atoms with Crippen molar-refractivity contribution in [3.63, 3.8) is 0 Å². The molecule has 1 aliphatic rings. The van der Waals surface area contributed by atoms with E-state index in [0.29, 0.717) is 24.1 Å². The van der Waals surface area contributed by atoms with E-state index >= 15 is 0 Å². The zero-order valence-electron chi connectivity index (χ0n) is 16.6. The van der Waals surface area contributed by atoms with Gasteiger partial charge in [-0.15, -0.1) is 0 Å². The van der Waals surface area contributed by atoms with Crippen LogP contribution in [0.25, 0.3) is 0 Å². The molecule has 2 aromatic carbocycles. The summed E-state index contributed by atoms with van der Waals surface area (Å²) in [5.74, 6) is -0.612. The maximum absolute atomic E-state index is 12.5. The molecular weight excluding hydrogens is 354 g/mol. The summed E-state index contributed by atoms with van der Waals surface area (Å²) in [6, 6.07) is 10.8. The van der Waals surface area contributed by atoms with Gasteiger partial charge in [0, 0.05) is 25.1 Å². The van der Waals surface area contributed by atoms with Crippen molar-refractivity contribution < 1.29 is 19.1 Å². The molecule has 1 saturated heterocycles. The second kappa shape index (κ2) is 8.38. The number of rotatable bonds is 6. The minimum Gasteiger partial charge on any atom is -0.454 e.